The number of ether oxygens (including phenoxy) is 2. The van der Waals surface area contributed by atoms with Crippen LogP contribution in [0.3, 0.4) is 0 Å². The topological polar surface area (TPSA) is 131 Å². The summed E-state index contributed by atoms with van der Waals surface area (Å²) in [6, 6.07) is 8.09. The van der Waals surface area contributed by atoms with Gasteiger partial charge in [-0.1, -0.05) is 11.6 Å². The van der Waals surface area contributed by atoms with E-state index in [0.717, 1.165) is 4.90 Å². The Hall–Kier alpha value is -5.02. The van der Waals surface area contributed by atoms with E-state index in [-0.39, 0.29) is 45.4 Å². The molecule has 6 unspecified atom stereocenters. The number of halogens is 7. The van der Waals surface area contributed by atoms with Crippen molar-refractivity contribution < 1.29 is 60.5 Å². The predicted molar refractivity (Wildman–Crippen MR) is 177 cm³/mol. The summed E-state index contributed by atoms with van der Waals surface area (Å²) in [4.78, 5) is 64.0. The van der Waals surface area contributed by atoms with Crippen LogP contribution in [0.5, 0.6) is 17.2 Å². The van der Waals surface area contributed by atoms with Crippen molar-refractivity contribution >= 4 is 64.0 Å². The average Bonchev–Trinajstić information content (AvgIpc) is 3.48. The Kier molecular flexibility index (Phi) is 8.41. The monoisotopic (exact) mass is 778 g/mol. The van der Waals surface area contributed by atoms with Crippen molar-refractivity contribution in [1.29, 1.82) is 0 Å². The van der Waals surface area contributed by atoms with Crippen molar-refractivity contribution in [2.45, 2.75) is 35.4 Å². The molecule has 1 saturated carbocycles. The molecule has 4 amide bonds. The minimum absolute atomic E-state index is 0.0280. The molecule has 10 nitrogen and oxygen atoms in total. The van der Waals surface area contributed by atoms with Crippen molar-refractivity contribution in [2.24, 2.45) is 17.8 Å². The number of allylic oxidation sites excluding steroid dienone is 2. The minimum Gasteiger partial charge on any atom is -0.502 e. The number of carbonyl (C=O) groups excluding carboxylic acids is 5. The zero-order valence-electron chi connectivity index (χ0n) is 27.6. The third-order valence-electron chi connectivity index (χ3n) is 10.6. The molecule has 0 aromatic heterocycles. The van der Waals surface area contributed by atoms with E-state index in [2.05, 4.69) is 0 Å². The Labute approximate surface area is 306 Å². The quantitative estimate of drug-likeness (QED) is 0.0607. The maximum Gasteiger partial charge on any atom is 0.258 e. The molecule has 2 heterocycles. The maximum absolute atomic E-state index is 15.3. The van der Waals surface area contributed by atoms with Gasteiger partial charge in [-0.3, -0.25) is 28.9 Å². The lowest BCUT2D eigenvalue weighted by molar-refractivity contribution is -0.125. The van der Waals surface area contributed by atoms with Gasteiger partial charge in [0.2, 0.25) is 23.4 Å². The van der Waals surface area contributed by atoms with Crippen molar-refractivity contribution in [3.63, 3.8) is 0 Å². The highest BCUT2D eigenvalue weighted by Gasteiger charge is 2.77. The first-order valence-electron chi connectivity index (χ1n) is 15.9. The molecule has 4 aliphatic rings. The van der Waals surface area contributed by atoms with E-state index in [1.165, 1.54) is 63.6 Å². The number of fused-ring (bicyclic) bond motifs is 4. The highest BCUT2D eigenvalue weighted by molar-refractivity contribution is 6.58. The maximum atomic E-state index is 15.3. The van der Waals surface area contributed by atoms with Gasteiger partial charge in [0.25, 0.3) is 11.8 Å². The second-order valence-electron chi connectivity index (χ2n) is 13.1. The lowest BCUT2D eigenvalue weighted by atomic mass is 9.56. The number of Topliss-reactive ketones (excluding diaryl/α,β-unsaturated/α-hetero) is 1. The minimum atomic E-state index is -2.79. The van der Waals surface area contributed by atoms with Crippen LogP contribution in [0.15, 0.2) is 48.0 Å². The van der Waals surface area contributed by atoms with Crippen LogP contribution in [0, 0.1) is 46.8 Å². The molecular formula is C36H25Cl2F5N2O8. The highest BCUT2D eigenvalue weighted by atomic mass is 35.5. The summed E-state index contributed by atoms with van der Waals surface area (Å²) < 4.78 is 84.3. The Bertz CT molecular complexity index is 2180. The summed E-state index contributed by atoms with van der Waals surface area (Å²) in [6.07, 6.45) is 0.716. The van der Waals surface area contributed by atoms with Gasteiger partial charge in [-0.2, -0.15) is 0 Å². The van der Waals surface area contributed by atoms with Crippen LogP contribution in [0.25, 0.3) is 0 Å². The van der Waals surface area contributed by atoms with Crippen LogP contribution in [-0.4, -0.2) is 58.5 Å². The first-order chi connectivity index (χ1) is 25.0. The summed E-state index contributed by atoms with van der Waals surface area (Å²) in [7, 11) is 2.37. The van der Waals surface area contributed by atoms with Crippen LogP contribution in [0.1, 0.15) is 41.6 Å². The number of anilines is 2. The zero-order valence-corrected chi connectivity index (χ0v) is 29.1. The number of phenolic OH excluding ortho intramolecular Hbond substituents is 1. The van der Waals surface area contributed by atoms with Crippen molar-refractivity contribution in [3.8, 4) is 17.2 Å². The lowest BCUT2D eigenvalue weighted by Crippen LogP contribution is -2.60. The number of ketones is 1. The number of benzene rings is 3. The Morgan fingerprint density at radius 3 is 1.89 bits per heavy atom. The van der Waals surface area contributed by atoms with E-state index in [0.29, 0.717) is 5.56 Å². The second-order valence-corrected chi connectivity index (χ2v) is 14.3. The molecule has 2 aliphatic carbocycles. The first-order valence-corrected chi connectivity index (χ1v) is 16.6. The number of hydrogen-bond acceptors (Lipinski definition) is 8. The highest BCUT2D eigenvalue weighted by Crippen LogP contribution is 2.66. The predicted octanol–water partition coefficient (Wildman–Crippen LogP) is 6.08. The Balaban J connectivity index is 1.44. The van der Waals surface area contributed by atoms with Crippen LogP contribution < -0.4 is 19.3 Å². The summed E-state index contributed by atoms with van der Waals surface area (Å²) in [5, 5.41) is 10.7. The fraction of sp³-hybridized carbons (Fsp3) is 0.306. The SMILES string of the molecule is COc1cc(C2C3=CCC4C(=O)N(c5ccc(C(C)=O)cc5)C(=O)C4C3CC3(Cl)C(=O)N(c4c(F)c(F)c(F)c(F)c4F)C(=O)C23Cl)cc(OC)c1O. The van der Waals surface area contributed by atoms with Gasteiger partial charge in [-0.25, -0.2) is 26.9 Å². The molecule has 53 heavy (non-hydrogen) atoms. The normalized spacial score (nSPS) is 27.8. The van der Waals surface area contributed by atoms with Gasteiger partial charge in [0.05, 0.1) is 31.7 Å². The van der Waals surface area contributed by atoms with E-state index in [1.54, 1.807) is 0 Å². The Morgan fingerprint density at radius 1 is 0.811 bits per heavy atom. The van der Waals surface area contributed by atoms with Gasteiger partial charge in [0.1, 0.15) is 5.69 Å². The molecule has 7 rings (SSSR count). The molecule has 276 valence electrons. The van der Waals surface area contributed by atoms with Crippen LogP contribution in [-0.2, 0) is 19.2 Å². The summed E-state index contributed by atoms with van der Waals surface area (Å²) in [5.74, 6) is -23.4. The van der Waals surface area contributed by atoms with Crippen molar-refractivity contribution in [1.82, 2.24) is 0 Å². The molecule has 0 spiro atoms. The van der Waals surface area contributed by atoms with Gasteiger partial charge in [0, 0.05) is 11.5 Å². The van der Waals surface area contributed by atoms with Gasteiger partial charge in [-0.05, 0) is 67.6 Å². The number of aromatic hydroxyl groups is 1. The molecule has 17 heteroatoms. The molecule has 3 aromatic carbocycles. The number of nitrogens with zero attached hydrogens (tertiary/aromatic N) is 2. The molecule has 0 radical (unpaired) electrons. The third kappa shape index (κ3) is 4.72. The van der Waals surface area contributed by atoms with E-state index < -0.39 is 104 Å². The number of alkyl halides is 2. The number of amides is 4. The molecule has 3 aromatic rings. The van der Waals surface area contributed by atoms with Crippen molar-refractivity contribution in [3.05, 3.63) is 88.3 Å². The number of rotatable bonds is 6. The van der Waals surface area contributed by atoms with Gasteiger partial charge < -0.3 is 14.6 Å². The van der Waals surface area contributed by atoms with Gasteiger partial charge >= 0.3 is 0 Å². The first kappa shape index (κ1) is 36.3. The van der Waals surface area contributed by atoms with E-state index in [4.69, 9.17) is 32.7 Å². The number of methoxy groups -OCH3 is 2. The summed E-state index contributed by atoms with van der Waals surface area (Å²) in [5.41, 5.74) is -1.30. The second kappa shape index (κ2) is 12.3. The molecule has 6 atom stereocenters. The summed E-state index contributed by atoms with van der Waals surface area (Å²) in [6.45, 7) is 1.34. The molecule has 1 N–H and O–H groups in total. The lowest BCUT2D eigenvalue weighted by Gasteiger charge is -2.50. The fourth-order valence-electron chi connectivity index (χ4n) is 8.12. The number of carbonyl (C=O) groups is 5. The van der Waals surface area contributed by atoms with Crippen molar-refractivity contribution in [2.75, 3.05) is 24.0 Å². The molecular weight excluding hydrogens is 754 g/mol. The standard InChI is InChI=1S/C36H25Cl2F5N2O8/c1-13(46)14-4-6-16(7-5-14)44-31(48)18-9-8-17-19(22(18)32(44)49)12-35(37)33(50)45(29-27(42)25(40)24(39)26(41)28(29)43)34(51)36(35,38)23(17)15-10-20(52-2)30(47)21(11-15)53-3/h4-8,10-11,18-19,22-23,47H,9,12H2,1-3H3. The van der Waals surface area contributed by atoms with Crippen LogP contribution in [0.4, 0.5) is 33.3 Å². The smallest absolute Gasteiger partial charge is 0.258 e. The largest absolute Gasteiger partial charge is 0.502 e. The number of imide groups is 2. The molecule has 0 bridgehead atoms. The van der Waals surface area contributed by atoms with Gasteiger partial charge in [0.15, 0.2) is 50.3 Å². The Morgan fingerprint density at radius 2 is 1.36 bits per heavy atom. The average molecular weight is 779 g/mol. The fourth-order valence-corrected chi connectivity index (χ4v) is 9.06. The van der Waals surface area contributed by atoms with Crippen LogP contribution >= 0.6 is 23.2 Å². The zero-order chi connectivity index (χ0) is 38.6. The van der Waals surface area contributed by atoms with Gasteiger partial charge in [-0.15, -0.1) is 23.2 Å². The molecule has 2 saturated heterocycles. The summed E-state index contributed by atoms with van der Waals surface area (Å²) >= 11 is 14.3. The number of hydrogen-bond donors (Lipinski definition) is 1. The molecule has 3 fully saturated rings. The number of phenols is 1. The van der Waals surface area contributed by atoms with E-state index >= 15 is 8.78 Å². The van der Waals surface area contributed by atoms with E-state index in [1.807, 2.05) is 0 Å². The third-order valence-corrected chi connectivity index (χ3v) is 12.0. The van der Waals surface area contributed by atoms with E-state index in [9.17, 15) is 42.3 Å². The molecule has 2 aliphatic heterocycles. The van der Waals surface area contributed by atoms with Crippen LogP contribution in [0.2, 0.25) is 0 Å².